The van der Waals surface area contributed by atoms with Gasteiger partial charge in [-0.3, -0.25) is 9.69 Å². The third kappa shape index (κ3) is 5.74. The Morgan fingerprint density at radius 2 is 1.49 bits per heavy atom. The van der Waals surface area contributed by atoms with Gasteiger partial charge in [-0.05, 0) is 60.0 Å². The normalized spacial score (nSPS) is 13.8. The molecule has 4 aromatic carbocycles. The van der Waals surface area contributed by atoms with Crippen molar-refractivity contribution in [1.82, 2.24) is 4.90 Å². The van der Waals surface area contributed by atoms with E-state index in [4.69, 9.17) is 5.73 Å². The number of nitrogens with two attached hydrogens (primary N) is 1. The van der Waals surface area contributed by atoms with Gasteiger partial charge in [-0.15, -0.1) is 0 Å². The largest absolute Gasteiger partial charge is 0.399 e. The number of carbonyl (C=O) groups is 1. The second kappa shape index (κ2) is 11.1. The first-order valence-electron chi connectivity index (χ1n) is 12.7. The van der Waals surface area contributed by atoms with E-state index in [2.05, 4.69) is 77.1 Å². The summed E-state index contributed by atoms with van der Waals surface area (Å²) in [6.45, 7) is 5.06. The molecule has 0 fully saturated rings. The molecule has 1 aliphatic rings. The molecular formula is C32H32N4O. The monoisotopic (exact) mass is 488 g/mol. The minimum absolute atomic E-state index is 0.139. The lowest BCUT2D eigenvalue weighted by atomic mass is 9.99. The van der Waals surface area contributed by atoms with Crippen molar-refractivity contribution in [2.24, 2.45) is 0 Å². The van der Waals surface area contributed by atoms with Crippen molar-refractivity contribution in [2.75, 3.05) is 22.9 Å². The third-order valence-corrected chi connectivity index (χ3v) is 6.52. The number of anilines is 3. The second-order valence-corrected chi connectivity index (χ2v) is 9.39. The molecule has 5 rings (SSSR count). The molecule has 4 N–H and O–H groups in total. The Hall–Kier alpha value is -4.35. The summed E-state index contributed by atoms with van der Waals surface area (Å²) >= 11 is 0. The van der Waals surface area contributed by atoms with Crippen LogP contribution in [0.15, 0.2) is 103 Å². The first-order chi connectivity index (χ1) is 18.1. The summed E-state index contributed by atoms with van der Waals surface area (Å²) in [5.41, 5.74) is 14.1. The van der Waals surface area contributed by atoms with Gasteiger partial charge in [-0.1, -0.05) is 79.7 Å². The van der Waals surface area contributed by atoms with Crippen LogP contribution in [0.3, 0.4) is 0 Å². The Kier molecular flexibility index (Phi) is 7.33. The van der Waals surface area contributed by atoms with E-state index < -0.39 is 0 Å². The van der Waals surface area contributed by atoms with Crippen LogP contribution in [0.25, 0.3) is 11.3 Å². The SMILES string of the molecule is CCCN(Cc1ccccc1)Cc1ccc(NC(=C2C(=O)Nc3ccc(N)cc32)c2ccccc2)cc1. The fourth-order valence-electron chi connectivity index (χ4n) is 4.78. The molecule has 5 nitrogen and oxygen atoms in total. The van der Waals surface area contributed by atoms with E-state index in [1.54, 1.807) is 6.07 Å². The number of nitrogens with zero attached hydrogens (tertiary/aromatic N) is 1. The lowest BCUT2D eigenvalue weighted by Crippen LogP contribution is -2.23. The van der Waals surface area contributed by atoms with Crippen LogP contribution < -0.4 is 16.4 Å². The van der Waals surface area contributed by atoms with E-state index in [1.807, 2.05) is 42.5 Å². The second-order valence-electron chi connectivity index (χ2n) is 9.39. The third-order valence-electron chi connectivity index (χ3n) is 6.52. The van der Waals surface area contributed by atoms with Gasteiger partial charge in [0.2, 0.25) is 0 Å². The van der Waals surface area contributed by atoms with E-state index in [0.29, 0.717) is 11.3 Å². The average molecular weight is 489 g/mol. The Morgan fingerprint density at radius 3 is 2.16 bits per heavy atom. The minimum atomic E-state index is -0.139. The molecule has 0 unspecified atom stereocenters. The van der Waals surface area contributed by atoms with Gasteiger partial charge in [0.1, 0.15) is 0 Å². The lowest BCUT2D eigenvalue weighted by Gasteiger charge is -2.22. The first kappa shape index (κ1) is 24.3. The molecular weight excluding hydrogens is 456 g/mol. The maximum Gasteiger partial charge on any atom is 0.258 e. The zero-order chi connectivity index (χ0) is 25.6. The Balaban J connectivity index is 1.41. The highest BCUT2D eigenvalue weighted by Gasteiger charge is 2.28. The van der Waals surface area contributed by atoms with Gasteiger partial charge in [0.05, 0.1) is 11.3 Å². The highest BCUT2D eigenvalue weighted by atomic mass is 16.2. The Bertz CT molecular complexity index is 1400. The van der Waals surface area contributed by atoms with Crippen molar-refractivity contribution in [3.8, 4) is 0 Å². The fraction of sp³-hybridized carbons (Fsp3) is 0.156. The number of fused-ring (bicyclic) bond motifs is 1. The van der Waals surface area contributed by atoms with Crippen molar-refractivity contribution in [1.29, 1.82) is 0 Å². The van der Waals surface area contributed by atoms with E-state index >= 15 is 0 Å². The molecule has 0 radical (unpaired) electrons. The molecule has 0 spiro atoms. The predicted octanol–water partition coefficient (Wildman–Crippen LogP) is 6.61. The first-order valence-corrected chi connectivity index (χ1v) is 12.7. The summed E-state index contributed by atoms with van der Waals surface area (Å²) in [4.78, 5) is 15.6. The minimum Gasteiger partial charge on any atom is -0.399 e. The molecule has 0 aromatic heterocycles. The molecule has 0 atom stereocenters. The summed E-state index contributed by atoms with van der Waals surface area (Å²) in [5.74, 6) is -0.139. The van der Waals surface area contributed by atoms with E-state index in [0.717, 1.165) is 54.3 Å². The number of hydrogen-bond acceptors (Lipinski definition) is 4. The molecule has 0 saturated heterocycles. The molecule has 1 amide bonds. The van der Waals surface area contributed by atoms with Crippen molar-refractivity contribution >= 4 is 34.2 Å². The molecule has 5 heteroatoms. The van der Waals surface area contributed by atoms with Crippen LogP contribution in [0.1, 0.15) is 35.6 Å². The van der Waals surface area contributed by atoms with Crippen molar-refractivity contribution in [2.45, 2.75) is 26.4 Å². The van der Waals surface area contributed by atoms with Gasteiger partial charge in [0.15, 0.2) is 0 Å². The summed E-state index contributed by atoms with van der Waals surface area (Å²) in [6.07, 6.45) is 1.11. The maximum atomic E-state index is 13.1. The van der Waals surface area contributed by atoms with Crippen LogP contribution in [-0.2, 0) is 17.9 Å². The van der Waals surface area contributed by atoms with Crippen LogP contribution in [0.4, 0.5) is 17.1 Å². The number of nitrogens with one attached hydrogen (secondary N) is 2. The van der Waals surface area contributed by atoms with Gasteiger partial charge >= 0.3 is 0 Å². The number of hydrogen-bond donors (Lipinski definition) is 3. The van der Waals surface area contributed by atoms with Crippen LogP contribution in [-0.4, -0.2) is 17.4 Å². The topological polar surface area (TPSA) is 70.4 Å². The Labute approximate surface area is 218 Å². The van der Waals surface area contributed by atoms with Gasteiger partial charge < -0.3 is 16.4 Å². The number of benzene rings is 4. The molecule has 0 aliphatic carbocycles. The van der Waals surface area contributed by atoms with Crippen molar-refractivity contribution in [3.05, 3.63) is 125 Å². The van der Waals surface area contributed by atoms with Crippen LogP contribution in [0.2, 0.25) is 0 Å². The standard InChI is InChI=1S/C32H32N4O/c1-2-19-36(21-23-9-5-3-6-10-23)22-24-13-16-27(17-14-24)34-31(25-11-7-4-8-12-25)30-28-20-26(33)15-18-29(28)35-32(30)37/h3-18,20,34H,2,19,21-22,33H2,1H3,(H,35,37). The fourth-order valence-corrected chi connectivity index (χ4v) is 4.78. The van der Waals surface area contributed by atoms with E-state index in [-0.39, 0.29) is 5.91 Å². The molecule has 4 aromatic rings. The predicted molar refractivity (Wildman–Crippen MR) is 154 cm³/mol. The number of nitrogen functional groups attached to an aromatic ring is 1. The van der Waals surface area contributed by atoms with Crippen LogP contribution in [0.5, 0.6) is 0 Å². The van der Waals surface area contributed by atoms with Gasteiger partial charge in [0, 0.05) is 35.7 Å². The van der Waals surface area contributed by atoms with E-state index in [1.165, 1.54) is 11.1 Å². The average Bonchev–Trinajstić information content (AvgIpc) is 3.24. The Morgan fingerprint density at radius 1 is 0.838 bits per heavy atom. The zero-order valence-electron chi connectivity index (χ0n) is 21.1. The van der Waals surface area contributed by atoms with Crippen LogP contribution in [0, 0.1) is 0 Å². The summed E-state index contributed by atoms with van der Waals surface area (Å²) in [6, 6.07) is 34.5. The summed E-state index contributed by atoms with van der Waals surface area (Å²) in [5, 5.41) is 6.51. The van der Waals surface area contributed by atoms with Crippen molar-refractivity contribution < 1.29 is 4.79 Å². The number of carbonyl (C=O) groups excluding carboxylic acids is 1. The molecule has 1 heterocycles. The van der Waals surface area contributed by atoms with Gasteiger partial charge in [-0.25, -0.2) is 0 Å². The van der Waals surface area contributed by atoms with Gasteiger partial charge in [0.25, 0.3) is 5.91 Å². The quantitative estimate of drug-likeness (QED) is 0.183. The summed E-state index contributed by atoms with van der Waals surface area (Å²) < 4.78 is 0. The maximum absolute atomic E-state index is 13.1. The number of amides is 1. The smallest absolute Gasteiger partial charge is 0.258 e. The number of rotatable bonds is 9. The molecule has 1 aliphatic heterocycles. The summed E-state index contributed by atoms with van der Waals surface area (Å²) in [7, 11) is 0. The van der Waals surface area contributed by atoms with Crippen LogP contribution >= 0.6 is 0 Å². The zero-order valence-corrected chi connectivity index (χ0v) is 21.1. The highest BCUT2D eigenvalue weighted by Crippen LogP contribution is 2.38. The molecule has 37 heavy (non-hydrogen) atoms. The van der Waals surface area contributed by atoms with Crippen molar-refractivity contribution in [3.63, 3.8) is 0 Å². The molecule has 0 saturated carbocycles. The lowest BCUT2D eigenvalue weighted by molar-refractivity contribution is -0.110. The van der Waals surface area contributed by atoms with E-state index in [9.17, 15) is 4.79 Å². The van der Waals surface area contributed by atoms with Gasteiger partial charge in [-0.2, -0.15) is 0 Å². The molecule has 0 bridgehead atoms. The highest BCUT2D eigenvalue weighted by molar-refractivity contribution is 6.37. The molecule has 186 valence electrons.